The number of halogens is 3. The Labute approximate surface area is 155 Å². The number of hydrogen-bond acceptors (Lipinski definition) is 4. The fraction of sp³-hybridized carbons (Fsp3) is 0.556. The number of nitrogens with zero attached hydrogens (tertiary/aromatic N) is 1. The van der Waals surface area contributed by atoms with Gasteiger partial charge in [0.05, 0.1) is 7.11 Å². The molecule has 1 saturated heterocycles. The van der Waals surface area contributed by atoms with Crippen molar-refractivity contribution in [2.24, 2.45) is 5.92 Å². The second-order valence-corrected chi connectivity index (χ2v) is 6.32. The molecule has 150 valence electrons. The molecule has 6 nitrogen and oxygen atoms in total. The van der Waals surface area contributed by atoms with Crippen LogP contribution in [0.5, 0.6) is 5.75 Å². The molecule has 0 unspecified atom stereocenters. The van der Waals surface area contributed by atoms with Crippen molar-refractivity contribution in [1.82, 2.24) is 10.2 Å². The van der Waals surface area contributed by atoms with Gasteiger partial charge in [-0.1, -0.05) is 12.1 Å². The highest BCUT2D eigenvalue weighted by molar-refractivity contribution is 5.79. The van der Waals surface area contributed by atoms with E-state index in [1.165, 1.54) is 4.90 Å². The van der Waals surface area contributed by atoms with Gasteiger partial charge < -0.3 is 19.7 Å². The van der Waals surface area contributed by atoms with Crippen molar-refractivity contribution in [2.75, 3.05) is 33.4 Å². The van der Waals surface area contributed by atoms with Crippen LogP contribution in [0.1, 0.15) is 18.4 Å². The number of nitrogens with one attached hydrogen (secondary N) is 1. The van der Waals surface area contributed by atoms with E-state index in [-0.39, 0.29) is 24.9 Å². The summed E-state index contributed by atoms with van der Waals surface area (Å²) in [7, 11) is 1.59. The quantitative estimate of drug-likeness (QED) is 0.814. The number of benzene rings is 1. The van der Waals surface area contributed by atoms with E-state index >= 15 is 0 Å². The highest BCUT2D eigenvalue weighted by Gasteiger charge is 2.32. The molecule has 0 radical (unpaired) electrons. The van der Waals surface area contributed by atoms with Gasteiger partial charge in [-0.15, -0.1) is 0 Å². The molecule has 1 fully saturated rings. The van der Waals surface area contributed by atoms with E-state index in [1.807, 2.05) is 24.3 Å². The molecule has 0 saturated carbocycles. The molecular formula is C18H23F3N2O4. The van der Waals surface area contributed by atoms with Crippen LogP contribution in [-0.4, -0.2) is 56.4 Å². The molecule has 1 aliphatic heterocycles. The Morgan fingerprint density at radius 3 is 2.37 bits per heavy atom. The maximum Gasteiger partial charge on any atom is 0.422 e. The number of amides is 2. The number of hydrogen-bond donors (Lipinski definition) is 1. The molecule has 9 heteroatoms. The molecule has 2 rings (SSSR count). The van der Waals surface area contributed by atoms with Crippen molar-refractivity contribution in [3.8, 4) is 5.75 Å². The largest absolute Gasteiger partial charge is 0.497 e. The molecule has 1 N–H and O–H groups in total. The summed E-state index contributed by atoms with van der Waals surface area (Å²) in [5, 5.41) is 2.86. The zero-order chi connectivity index (χ0) is 19.9. The number of rotatable bonds is 6. The third-order valence-corrected chi connectivity index (χ3v) is 4.36. The molecular weight excluding hydrogens is 365 g/mol. The second kappa shape index (κ2) is 9.48. The number of carbonyl (C=O) groups is 2. The minimum absolute atomic E-state index is 0.105. The van der Waals surface area contributed by atoms with E-state index in [0.29, 0.717) is 25.8 Å². The number of methoxy groups -OCH3 is 1. The fourth-order valence-electron chi connectivity index (χ4n) is 2.83. The number of likely N-dealkylation sites (tertiary alicyclic amines) is 1. The normalized spacial score (nSPS) is 15.3. The van der Waals surface area contributed by atoms with Gasteiger partial charge in [0.25, 0.3) is 0 Å². The summed E-state index contributed by atoms with van der Waals surface area (Å²) in [4.78, 5) is 25.0. The van der Waals surface area contributed by atoms with Crippen LogP contribution >= 0.6 is 0 Å². The Morgan fingerprint density at radius 1 is 1.19 bits per heavy atom. The summed E-state index contributed by atoms with van der Waals surface area (Å²) in [5.41, 5.74) is 1.07. The molecule has 27 heavy (non-hydrogen) atoms. The molecule has 0 atom stereocenters. The molecule has 0 aromatic heterocycles. The lowest BCUT2D eigenvalue weighted by Gasteiger charge is -2.30. The molecule has 0 spiro atoms. The lowest BCUT2D eigenvalue weighted by Crippen LogP contribution is -2.44. The van der Waals surface area contributed by atoms with Gasteiger partial charge >= 0.3 is 12.3 Å². The zero-order valence-corrected chi connectivity index (χ0v) is 15.1. The van der Waals surface area contributed by atoms with Crippen molar-refractivity contribution in [3.63, 3.8) is 0 Å². The third-order valence-electron chi connectivity index (χ3n) is 4.36. The van der Waals surface area contributed by atoms with Crippen LogP contribution in [0.4, 0.5) is 18.0 Å². The lowest BCUT2D eigenvalue weighted by atomic mass is 9.96. The molecule has 1 heterocycles. The Hall–Kier alpha value is -2.45. The van der Waals surface area contributed by atoms with Crippen molar-refractivity contribution in [1.29, 1.82) is 0 Å². The minimum Gasteiger partial charge on any atom is -0.497 e. The molecule has 0 bridgehead atoms. The number of alkyl halides is 3. The minimum atomic E-state index is -4.54. The summed E-state index contributed by atoms with van der Waals surface area (Å²) >= 11 is 0. The van der Waals surface area contributed by atoms with Crippen LogP contribution in [-0.2, 0) is 16.0 Å². The van der Waals surface area contributed by atoms with Crippen molar-refractivity contribution in [2.45, 2.75) is 25.4 Å². The smallest absolute Gasteiger partial charge is 0.422 e. The summed E-state index contributed by atoms with van der Waals surface area (Å²) in [6.45, 7) is -0.711. The monoisotopic (exact) mass is 388 g/mol. The predicted molar refractivity (Wildman–Crippen MR) is 91.4 cm³/mol. The molecule has 1 aromatic rings. The topological polar surface area (TPSA) is 67.9 Å². The van der Waals surface area contributed by atoms with Gasteiger partial charge in [0.15, 0.2) is 6.61 Å². The highest BCUT2D eigenvalue weighted by atomic mass is 19.4. The third kappa shape index (κ3) is 6.99. The van der Waals surface area contributed by atoms with Gasteiger partial charge in [-0.25, -0.2) is 4.79 Å². The SMILES string of the molecule is COc1ccc(CCNC(=O)C2CCN(C(=O)OCC(F)(F)F)CC2)cc1. The molecule has 2 amide bonds. The first-order valence-corrected chi connectivity index (χ1v) is 8.67. The Kier molecular flexibility index (Phi) is 7.32. The average molecular weight is 388 g/mol. The number of ether oxygens (including phenoxy) is 2. The highest BCUT2D eigenvalue weighted by Crippen LogP contribution is 2.20. The second-order valence-electron chi connectivity index (χ2n) is 6.32. The van der Waals surface area contributed by atoms with Gasteiger partial charge in [0, 0.05) is 25.6 Å². The van der Waals surface area contributed by atoms with Crippen molar-refractivity contribution in [3.05, 3.63) is 29.8 Å². The Bertz CT molecular complexity index is 626. The van der Waals surface area contributed by atoms with E-state index in [2.05, 4.69) is 10.1 Å². The van der Waals surface area contributed by atoms with Crippen LogP contribution in [0, 0.1) is 5.92 Å². The summed E-state index contributed by atoms with van der Waals surface area (Å²) in [5.74, 6) is 0.405. The van der Waals surface area contributed by atoms with Gasteiger partial charge in [0.2, 0.25) is 5.91 Å². The fourth-order valence-corrected chi connectivity index (χ4v) is 2.83. The number of piperidine rings is 1. The van der Waals surface area contributed by atoms with E-state index in [4.69, 9.17) is 4.74 Å². The van der Waals surface area contributed by atoms with E-state index < -0.39 is 18.9 Å². The lowest BCUT2D eigenvalue weighted by molar-refractivity contribution is -0.162. The predicted octanol–water partition coefficient (Wildman–Crippen LogP) is 2.76. The van der Waals surface area contributed by atoms with Gasteiger partial charge in [0.1, 0.15) is 5.75 Å². The maximum absolute atomic E-state index is 12.2. The van der Waals surface area contributed by atoms with Crippen molar-refractivity contribution >= 4 is 12.0 Å². The van der Waals surface area contributed by atoms with E-state index in [0.717, 1.165) is 11.3 Å². The van der Waals surface area contributed by atoms with E-state index in [1.54, 1.807) is 7.11 Å². The first-order chi connectivity index (χ1) is 12.8. The summed E-state index contributed by atoms with van der Waals surface area (Å²) in [6, 6.07) is 7.56. The standard InChI is InChI=1S/C18H23F3N2O4/c1-26-15-4-2-13(3-5-15)6-9-22-16(24)14-7-10-23(11-8-14)17(25)27-12-18(19,20)21/h2-5,14H,6-12H2,1H3,(H,22,24). The van der Waals surface area contributed by atoms with Gasteiger partial charge in [-0.05, 0) is 37.0 Å². The van der Waals surface area contributed by atoms with E-state index in [9.17, 15) is 22.8 Å². The van der Waals surface area contributed by atoms with Crippen LogP contribution in [0.25, 0.3) is 0 Å². The molecule has 1 aliphatic rings. The maximum atomic E-state index is 12.2. The zero-order valence-electron chi connectivity index (χ0n) is 15.1. The number of carbonyl (C=O) groups excluding carboxylic acids is 2. The molecule has 1 aromatic carbocycles. The first kappa shape index (κ1) is 20.9. The van der Waals surface area contributed by atoms with Crippen LogP contribution in [0.2, 0.25) is 0 Å². The first-order valence-electron chi connectivity index (χ1n) is 8.67. The van der Waals surface area contributed by atoms with Crippen LogP contribution in [0.15, 0.2) is 24.3 Å². The van der Waals surface area contributed by atoms with Crippen LogP contribution < -0.4 is 10.1 Å². The van der Waals surface area contributed by atoms with Crippen LogP contribution in [0.3, 0.4) is 0 Å². The molecule has 0 aliphatic carbocycles. The van der Waals surface area contributed by atoms with Gasteiger partial charge in [-0.3, -0.25) is 4.79 Å². The Balaban J connectivity index is 1.67. The Morgan fingerprint density at radius 2 is 1.81 bits per heavy atom. The van der Waals surface area contributed by atoms with Gasteiger partial charge in [-0.2, -0.15) is 13.2 Å². The van der Waals surface area contributed by atoms with Crippen molar-refractivity contribution < 1.29 is 32.2 Å². The summed E-state index contributed by atoms with van der Waals surface area (Å²) < 4.78 is 45.5. The summed E-state index contributed by atoms with van der Waals surface area (Å²) in [6.07, 6.45) is -4.06. The average Bonchev–Trinajstić information content (AvgIpc) is 2.66.